The van der Waals surface area contributed by atoms with E-state index >= 15 is 0 Å². The number of amides is 1. The van der Waals surface area contributed by atoms with Crippen LogP contribution in [0.15, 0.2) is 12.2 Å². The highest BCUT2D eigenvalue weighted by atomic mass is 16.1. The van der Waals surface area contributed by atoms with E-state index in [4.69, 9.17) is 5.73 Å². The minimum Gasteiger partial charge on any atom is -0.366 e. The highest BCUT2D eigenvalue weighted by molar-refractivity contribution is 5.91. The monoisotopic (exact) mass is 169 g/mol. The number of carbonyl (C=O) groups excluding carboxylic acids is 2. The van der Waals surface area contributed by atoms with E-state index in [-0.39, 0.29) is 11.7 Å². The summed E-state index contributed by atoms with van der Waals surface area (Å²) >= 11 is 0. The van der Waals surface area contributed by atoms with Gasteiger partial charge in [-0.3, -0.25) is 4.79 Å². The number of hydrogen-bond donors (Lipinski definition) is 1. The molecule has 0 fully saturated rings. The Kier molecular flexibility index (Phi) is 4.26. The summed E-state index contributed by atoms with van der Waals surface area (Å²) in [7, 11) is 0. The van der Waals surface area contributed by atoms with Crippen LogP contribution in [0.4, 0.5) is 0 Å². The summed E-state index contributed by atoms with van der Waals surface area (Å²) in [4.78, 5) is 21.2. The lowest BCUT2D eigenvalue weighted by Crippen LogP contribution is -2.15. The lowest BCUT2D eigenvalue weighted by molar-refractivity contribution is -0.118. The Morgan fingerprint density at radius 1 is 1.42 bits per heavy atom. The number of primary amides is 1. The Morgan fingerprint density at radius 3 is 2.25 bits per heavy atom. The molecule has 1 unspecified atom stereocenters. The number of hydrogen-bond acceptors (Lipinski definition) is 2. The van der Waals surface area contributed by atoms with Gasteiger partial charge in [0.15, 0.2) is 0 Å². The summed E-state index contributed by atoms with van der Waals surface area (Å²) in [6, 6.07) is 0. The van der Waals surface area contributed by atoms with Crippen LogP contribution in [-0.4, -0.2) is 11.7 Å². The van der Waals surface area contributed by atoms with Crippen LogP contribution in [0.5, 0.6) is 0 Å². The summed E-state index contributed by atoms with van der Waals surface area (Å²) in [6.45, 7) is 6.95. The number of carbonyl (C=O) groups is 2. The predicted octanol–water partition coefficient (Wildman–Crippen LogP) is 1.03. The first kappa shape index (κ1) is 10.9. The third-order valence-electron chi connectivity index (χ3n) is 1.58. The molecule has 0 aliphatic carbocycles. The summed E-state index contributed by atoms with van der Waals surface area (Å²) in [6.07, 6.45) is 0.987. The minimum absolute atomic E-state index is 0.125. The minimum atomic E-state index is -0.481. The molecule has 0 rings (SSSR count). The summed E-state index contributed by atoms with van der Waals surface area (Å²) in [5, 5.41) is 0. The first-order chi connectivity index (χ1) is 5.43. The van der Waals surface area contributed by atoms with Crippen LogP contribution in [0.1, 0.15) is 26.7 Å². The van der Waals surface area contributed by atoms with E-state index < -0.39 is 5.91 Å². The fourth-order valence-electron chi connectivity index (χ4n) is 1.08. The molecule has 2 N–H and O–H groups in total. The van der Waals surface area contributed by atoms with Gasteiger partial charge in [0.2, 0.25) is 5.91 Å². The maximum absolute atomic E-state index is 10.7. The highest BCUT2D eigenvalue weighted by Crippen LogP contribution is 2.13. The molecule has 0 aromatic carbocycles. The molecule has 3 nitrogen and oxygen atoms in total. The Morgan fingerprint density at radius 2 is 1.92 bits per heavy atom. The van der Waals surface area contributed by atoms with E-state index in [1.807, 2.05) is 6.92 Å². The van der Waals surface area contributed by atoms with E-state index in [2.05, 4.69) is 6.58 Å². The van der Waals surface area contributed by atoms with E-state index in [1.165, 1.54) is 6.92 Å². The van der Waals surface area contributed by atoms with Gasteiger partial charge in [0.05, 0.1) is 0 Å². The smallest absolute Gasteiger partial charge is 0.244 e. The molecule has 0 aliphatic rings. The molecule has 3 heteroatoms. The fraction of sp³-hybridized carbons (Fsp3) is 0.556. The lowest BCUT2D eigenvalue weighted by Gasteiger charge is -2.08. The van der Waals surface area contributed by atoms with Crippen molar-refractivity contribution in [3.05, 3.63) is 12.2 Å². The molecule has 0 aromatic heterocycles. The number of ketones is 1. The second kappa shape index (κ2) is 4.70. The SMILES string of the molecule is C=C(CC(C)CC(C)=O)C(N)=O. The van der Waals surface area contributed by atoms with Gasteiger partial charge in [-0.15, -0.1) is 0 Å². The molecule has 0 saturated carbocycles. The van der Waals surface area contributed by atoms with Crippen molar-refractivity contribution in [3.63, 3.8) is 0 Å². The van der Waals surface area contributed by atoms with Gasteiger partial charge < -0.3 is 10.5 Å². The summed E-state index contributed by atoms with van der Waals surface area (Å²) in [5.74, 6) is -0.201. The van der Waals surface area contributed by atoms with Crippen LogP contribution in [0, 0.1) is 5.92 Å². The van der Waals surface area contributed by atoms with E-state index in [1.54, 1.807) is 0 Å². The maximum atomic E-state index is 10.7. The molecule has 0 spiro atoms. The summed E-state index contributed by atoms with van der Waals surface area (Å²) < 4.78 is 0. The molecule has 0 aliphatic heterocycles. The van der Waals surface area contributed by atoms with Crippen LogP contribution in [0.25, 0.3) is 0 Å². The Bertz CT molecular complexity index is 209. The predicted molar refractivity (Wildman–Crippen MR) is 47.4 cm³/mol. The second-order valence-electron chi connectivity index (χ2n) is 3.18. The molecule has 12 heavy (non-hydrogen) atoms. The van der Waals surface area contributed by atoms with E-state index in [0.29, 0.717) is 18.4 Å². The van der Waals surface area contributed by atoms with Crippen molar-refractivity contribution in [1.82, 2.24) is 0 Å². The average molecular weight is 169 g/mol. The van der Waals surface area contributed by atoms with Gasteiger partial charge in [-0.1, -0.05) is 13.5 Å². The van der Waals surface area contributed by atoms with E-state index in [0.717, 1.165) is 0 Å². The molecule has 68 valence electrons. The zero-order chi connectivity index (χ0) is 9.72. The number of rotatable bonds is 5. The molecule has 0 saturated heterocycles. The number of Topliss-reactive ketones (excluding diaryl/α,β-unsaturated/α-hetero) is 1. The van der Waals surface area contributed by atoms with Crippen molar-refractivity contribution >= 4 is 11.7 Å². The molecule has 0 heterocycles. The van der Waals surface area contributed by atoms with Gasteiger partial charge in [-0.2, -0.15) is 0 Å². The summed E-state index contributed by atoms with van der Waals surface area (Å²) in [5.41, 5.74) is 5.38. The standard InChI is InChI=1S/C9H15NO2/c1-6(5-8(3)11)4-7(2)9(10)12/h6H,2,4-5H2,1,3H3,(H2,10,12). The zero-order valence-electron chi connectivity index (χ0n) is 7.59. The second-order valence-corrected chi connectivity index (χ2v) is 3.18. The molecule has 1 amide bonds. The van der Waals surface area contributed by atoms with Crippen LogP contribution >= 0.6 is 0 Å². The van der Waals surface area contributed by atoms with Gasteiger partial charge in [0.1, 0.15) is 5.78 Å². The molecular formula is C9H15NO2. The van der Waals surface area contributed by atoms with Crippen molar-refractivity contribution in [3.8, 4) is 0 Å². The highest BCUT2D eigenvalue weighted by Gasteiger charge is 2.09. The van der Waals surface area contributed by atoms with Gasteiger partial charge in [0, 0.05) is 12.0 Å². The van der Waals surface area contributed by atoms with Gasteiger partial charge in [-0.25, -0.2) is 0 Å². The van der Waals surface area contributed by atoms with Crippen molar-refractivity contribution in [2.24, 2.45) is 11.7 Å². The van der Waals surface area contributed by atoms with E-state index in [9.17, 15) is 9.59 Å². The van der Waals surface area contributed by atoms with Crippen molar-refractivity contribution < 1.29 is 9.59 Å². The molecule has 0 radical (unpaired) electrons. The van der Waals surface area contributed by atoms with Crippen molar-refractivity contribution in [2.45, 2.75) is 26.7 Å². The fourth-order valence-corrected chi connectivity index (χ4v) is 1.08. The quantitative estimate of drug-likeness (QED) is 0.625. The van der Waals surface area contributed by atoms with Crippen molar-refractivity contribution in [2.75, 3.05) is 0 Å². The first-order valence-electron chi connectivity index (χ1n) is 3.90. The maximum Gasteiger partial charge on any atom is 0.244 e. The molecule has 0 aromatic rings. The molecular weight excluding hydrogens is 154 g/mol. The topological polar surface area (TPSA) is 60.2 Å². The third-order valence-corrected chi connectivity index (χ3v) is 1.58. The van der Waals surface area contributed by atoms with Crippen LogP contribution < -0.4 is 5.73 Å². The van der Waals surface area contributed by atoms with Crippen LogP contribution in [0.2, 0.25) is 0 Å². The van der Waals surface area contributed by atoms with Crippen LogP contribution in [0.3, 0.4) is 0 Å². The third kappa shape index (κ3) is 4.66. The molecule has 0 bridgehead atoms. The van der Waals surface area contributed by atoms with Crippen LogP contribution in [-0.2, 0) is 9.59 Å². The Balaban J connectivity index is 3.84. The van der Waals surface area contributed by atoms with Crippen molar-refractivity contribution in [1.29, 1.82) is 0 Å². The zero-order valence-corrected chi connectivity index (χ0v) is 7.59. The van der Waals surface area contributed by atoms with Gasteiger partial charge in [-0.05, 0) is 19.3 Å². The van der Waals surface area contributed by atoms with Gasteiger partial charge in [0.25, 0.3) is 0 Å². The Labute approximate surface area is 72.6 Å². The van der Waals surface area contributed by atoms with Gasteiger partial charge >= 0.3 is 0 Å². The normalized spacial score (nSPS) is 12.2. The number of nitrogens with two attached hydrogens (primary N) is 1. The first-order valence-corrected chi connectivity index (χ1v) is 3.90. The largest absolute Gasteiger partial charge is 0.366 e. The Hall–Kier alpha value is -1.12. The molecule has 1 atom stereocenters. The average Bonchev–Trinajstić information content (AvgIpc) is 1.84. The lowest BCUT2D eigenvalue weighted by atomic mass is 9.97.